The third kappa shape index (κ3) is 7.64. The Hall–Kier alpha value is -2.08. The van der Waals surface area contributed by atoms with Crippen molar-refractivity contribution in [3.63, 3.8) is 0 Å². The van der Waals surface area contributed by atoms with Gasteiger partial charge < -0.3 is 22.5 Å². The molecule has 7 N–H and O–H groups in total. The molecule has 0 aliphatic carbocycles. The van der Waals surface area contributed by atoms with Crippen molar-refractivity contribution in [1.29, 1.82) is 0 Å². The molecular weight excluding hydrogens is 278 g/mol. The highest BCUT2D eigenvalue weighted by atomic mass is 16.2. The zero-order valence-corrected chi connectivity index (χ0v) is 13.2. The first kappa shape index (κ1) is 18.0. The van der Waals surface area contributed by atoms with E-state index in [-0.39, 0.29) is 17.9 Å². The molecule has 1 rings (SSSR count). The Kier molecular flexibility index (Phi) is 7.99. The Bertz CT molecular complexity index is 471. The second-order valence-corrected chi connectivity index (χ2v) is 5.51. The van der Waals surface area contributed by atoms with E-state index in [1.54, 1.807) is 0 Å². The van der Waals surface area contributed by atoms with Gasteiger partial charge in [0, 0.05) is 12.6 Å². The van der Waals surface area contributed by atoms with Crippen LogP contribution in [0.5, 0.6) is 0 Å². The molecule has 0 spiro atoms. The van der Waals surface area contributed by atoms with Crippen LogP contribution in [0.15, 0.2) is 35.3 Å². The highest BCUT2D eigenvalue weighted by molar-refractivity contribution is 5.81. The van der Waals surface area contributed by atoms with E-state index in [0.29, 0.717) is 13.0 Å². The van der Waals surface area contributed by atoms with Crippen LogP contribution in [0, 0.1) is 0 Å². The van der Waals surface area contributed by atoms with Gasteiger partial charge in [0.2, 0.25) is 5.91 Å². The van der Waals surface area contributed by atoms with Crippen LogP contribution in [0.4, 0.5) is 0 Å². The van der Waals surface area contributed by atoms with E-state index in [9.17, 15) is 4.79 Å². The van der Waals surface area contributed by atoms with Gasteiger partial charge in [-0.1, -0.05) is 30.3 Å². The molecule has 6 heteroatoms. The number of nitrogens with one attached hydrogen (secondary N) is 1. The predicted molar refractivity (Wildman–Crippen MR) is 90.3 cm³/mol. The number of unbranched alkanes of at least 4 members (excludes halogenated alkanes) is 1. The van der Waals surface area contributed by atoms with E-state index in [0.717, 1.165) is 19.3 Å². The number of hydrogen-bond donors (Lipinski definition) is 4. The summed E-state index contributed by atoms with van der Waals surface area (Å²) in [5.74, 6) is -0.0120. The fraction of sp³-hybridized carbons (Fsp3) is 0.500. The maximum atomic E-state index is 12.0. The number of hydrogen-bond acceptors (Lipinski definition) is 3. The van der Waals surface area contributed by atoms with Gasteiger partial charge in [-0.15, -0.1) is 0 Å². The van der Waals surface area contributed by atoms with Gasteiger partial charge in [0.1, 0.15) is 0 Å². The molecule has 2 atom stereocenters. The van der Waals surface area contributed by atoms with Crippen LogP contribution in [-0.2, 0) is 11.2 Å². The van der Waals surface area contributed by atoms with E-state index in [1.807, 2.05) is 37.3 Å². The number of amides is 1. The largest absolute Gasteiger partial charge is 0.370 e. The van der Waals surface area contributed by atoms with Crippen molar-refractivity contribution in [2.75, 3.05) is 6.54 Å². The summed E-state index contributed by atoms with van der Waals surface area (Å²) in [5, 5.41) is 2.96. The number of nitrogens with zero attached hydrogens (tertiary/aromatic N) is 1. The topological polar surface area (TPSA) is 120 Å². The van der Waals surface area contributed by atoms with Gasteiger partial charge in [-0.05, 0) is 38.2 Å². The Morgan fingerprint density at radius 1 is 1.23 bits per heavy atom. The summed E-state index contributed by atoms with van der Waals surface area (Å²) in [4.78, 5) is 15.9. The lowest BCUT2D eigenvalue weighted by Gasteiger charge is -2.17. The summed E-state index contributed by atoms with van der Waals surface area (Å²) in [6.07, 6.45) is 3.06. The van der Waals surface area contributed by atoms with Crippen LogP contribution in [-0.4, -0.2) is 30.5 Å². The molecule has 1 aromatic carbocycles. The summed E-state index contributed by atoms with van der Waals surface area (Å²) in [6, 6.07) is 9.63. The van der Waals surface area contributed by atoms with E-state index in [4.69, 9.17) is 17.2 Å². The Morgan fingerprint density at radius 2 is 1.91 bits per heavy atom. The minimum absolute atomic E-state index is 0.0580. The third-order valence-electron chi connectivity index (χ3n) is 3.33. The standard InChI is InChI=1S/C16H27N5O/c1-12(11-13-7-3-2-4-8-13)21-15(22)14(17)9-5-6-10-20-16(18)19/h2-4,7-8,12,14H,5-6,9-11,17H2,1H3,(H,21,22)(H4,18,19,20)/t12-,14?/m0/s1. The number of aliphatic imine (C=N–C) groups is 1. The van der Waals surface area contributed by atoms with Gasteiger partial charge in [-0.2, -0.15) is 0 Å². The SMILES string of the molecule is C[C@@H](Cc1ccccc1)NC(=O)C(N)CCCCN=C(N)N. The monoisotopic (exact) mass is 305 g/mol. The zero-order valence-electron chi connectivity index (χ0n) is 13.2. The van der Waals surface area contributed by atoms with Crippen LogP contribution >= 0.6 is 0 Å². The first-order chi connectivity index (χ1) is 10.5. The van der Waals surface area contributed by atoms with Crippen LogP contribution < -0.4 is 22.5 Å². The van der Waals surface area contributed by atoms with Crippen molar-refractivity contribution in [2.45, 2.75) is 44.7 Å². The second-order valence-electron chi connectivity index (χ2n) is 5.51. The van der Waals surface area contributed by atoms with Gasteiger partial charge >= 0.3 is 0 Å². The van der Waals surface area contributed by atoms with Crippen LogP contribution in [0.1, 0.15) is 31.7 Å². The number of nitrogens with two attached hydrogens (primary N) is 3. The van der Waals surface area contributed by atoms with E-state index in [2.05, 4.69) is 10.3 Å². The van der Waals surface area contributed by atoms with E-state index in [1.165, 1.54) is 5.56 Å². The molecule has 0 saturated heterocycles. The molecule has 0 fully saturated rings. The van der Waals surface area contributed by atoms with Crippen molar-refractivity contribution >= 4 is 11.9 Å². The Morgan fingerprint density at radius 3 is 2.55 bits per heavy atom. The number of benzene rings is 1. The molecule has 122 valence electrons. The van der Waals surface area contributed by atoms with Crippen molar-refractivity contribution in [2.24, 2.45) is 22.2 Å². The summed E-state index contributed by atoms with van der Waals surface area (Å²) < 4.78 is 0. The minimum Gasteiger partial charge on any atom is -0.370 e. The molecule has 1 amide bonds. The minimum atomic E-state index is -0.488. The highest BCUT2D eigenvalue weighted by Gasteiger charge is 2.15. The summed E-state index contributed by atoms with van der Waals surface area (Å²) >= 11 is 0. The molecule has 0 radical (unpaired) electrons. The van der Waals surface area contributed by atoms with Gasteiger partial charge in [-0.25, -0.2) is 0 Å². The molecule has 0 aromatic heterocycles. The molecule has 22 heavy (non-hydrogen) atoms. The van der Waals surface area contributed by atoms with E-state index < -0.39 is 6.04 Å². The molecule has 0 aliphatic rings. The lowest BCUT2D eigenvalue weighted by atomic mass is 10.1. The third-order valence-corrected chi connectivity index (χ3v) is 3.33. The highest BCUT2D eigenvalue weighted by Crippen LogP contribution is 2.04. The number of guanidine groups is 1. The molecule has 6 nitrogen and oxygen atoms in total. The molecule has 1 aromatic rings. The molecule has 0 heterocycles. The fourth-order valence-electron chi connectivity index (χ4n) is 2.18. The average molecular weight is 305 g/mol. The van der Waals surface area contributed by atoms with Gasteiger partial charge in [0.15, 0.2) is 5.96 Å². The predicted octanol–water partition coefficient (Wildman–Crippen LogP) is 0.505. The first-order valence-electron chi connectivity index (χ1n) is 7.64. The van der Waals surface area contributed by atoms with Crippen molar-refractivity contribution < 1.29 is 4.79 Å². The maximum absolute atomic E-state index is 12.0. The lowest BCUT2D eigenvalue weighted by Crippen LogP contribution is -2.45. The molecule has 1 unspecified atom stereocenters. The van der Waals surface area contributed by atoms with Crippen LogP contribution in [0.2, 0.25) is 0 Å². The molecule has 0 aliphatic heterocycles. The average Bonchev–Trinajstić information content (AvgIpc) is 2.47. The van der Waals surface area contributed by atoms with Crippen LogP contribution in [0.3, 0.4) is 0 Å². The molecular formula is C16H27N5O. The number of carbonyl (C=O) groups excluding carboxylic acids is 1. The second kappa shape index (κ2) is 9.78. The van der Waals surface area contributed by atoms with Gasteiger partial charge in [0.05, 0.1) is 6.04 Å². The van der Waals surface area contributed by atoms with Crippen molar-refractivity contribution in [1.82, 2.24) is 5.32 Å². The Balaban J connectivity index is 2.24. The number of rotatable bonds is 9. The number of carbonyl (C=O) groups is 1. The van der Waals surface area contributed by atoms with Crippen molar-refractivity contribution in [3.8, 4) is 0 Å². The fourth-order valence-corrected chi connectivity index (χ4v) is 2.18. The first-order valence-corrected chi connectivity index (χ1v) is 7.64. The summed E-state index contributed by atoms with van der Waals surface area (Å²) in [5.41, 5.74) is 17.6. The smallest absolute Gasteiger partial charge is 0.237 e. The Labute approximate surface area is 132 Å². The maximum Gasteiger partial charge on any atom is 0.237 e. The van der Waals surface area contributed by atoms with E-state index >= 15 is 0 Å². The van der Waals surface area contributed by atoms with Crippen molar-refractivity contribution in [3.05, 3.63) is 35.9 Å². The van der Waals surface area contributed by atoms with Gasteiger partial charge in [0.25, 0.3) is 0 Å². The summed E-state index contributed by atoms with van der Waals surface area (Å²) in [7, 11) is 0. The quantitative estimate of drug-likeness (QED) is 0.302. The summed E-state index contributed by atoms with van der Waals surface area (Å²) in [6.45, 7) is 2.55. The van der Waals surface area contributed by atoms with Crippen LogP contribution in [0.25, 0.3) is 0 Å². The zero-order chi connectivity index (χ0) is 16.4. The molecule has 0 bridgehead atoms. The molecule has 0 saturated carbocycles. The lowest BCUT2D eigenvalue weighted by molar-refractivity contribution is -0.123. The normalized spacial score (nSPS) is 13.2. The van der Waals surface area contributed by atoms with Gasteiger partial charge in [-0.3, -0.25) is 9.79 Å².